The average Bonchev–Trinajstić information content (AvgIpc) is 2.64. The summed E-state index contributed by atoms with van der Waals surface area (Å²) in [4.78, 5) is 13.0. The van der Waals surface area contributed by atoms with E-state index in [4.69, 9.17) is 4.74 Å². The van der Waals surface area contributed by atoms with Crippen LogP contribution in [0.4, 0.5) is 10.1 Å². The molecule has 0 bridgehead atoms. The van der Waals surface area contributed by atoms with Gasteiger partial charge in [0.05, 0.1) is 19.3 Å². The van der Waals surface area contributed by atoms with Gasteiger partial charge in [0.25, 0.3) is 0 Å². The molecule has 0 amide bonds. The van der Waals surface area contributed by atoms with E-state index >= 15 is 0 Å². The van der Waals surface area contributed by atoms with Gasteiger partial charge in [-0.2, -0.15) is 0 Å². The van der Waals surface area contributed by atoms with E-state index in [2.05, 4.69) is 0 Å². The summed E-state index contributed by atoms with van der Waals surface area (Å²) in [6, 6.07) is 4.35. The summed E-state index contributed by atoms with van der Waals surface area (Å²) in [7, 11) is 1.50. The SMILES string of the molecule is COc1cc(F)ccc1N1CCC(=O)C1. The van der Waals surface area contributed by atoms with Crippen molar-refractivity contribution in [3.63, 3.8) is 0 Å². The van der Waals surface area contributed by atoms with Crippen LogP contribution >= 0.6 is 0 Å². The van der Waals surface area contributed by atoms with Crippen LogP contribution in [0.3, 0.4) is 0 Å². The number of ether oxygens (including phenoxy) is 1. The van der Waals surface area contributed by atoms with Crippen LogP contribution in [0.5, 0.6) is 5.75 Å². The number of methoxy groups -OCH3 is 1. The van der Waals surface area contributed by atoms with E-state index in [9.17, 15) is 9.18 Å². The molecule has 0 aliphatic carbocycles. The van der Waals surface area contributed by atoms with Gasteiger partial charge in [-0.05, 0) is 12.1 Å². The Morgan fingerprint density at radius 3 is 2.87 bits per heavy atom. The average molecular weight is 209 g/mol. The predicted molar refractivity (Wildman–Crippen MR) is 54.8 cm³/mol. The van der Waals surface area contributed by atoms with Crippen LogP contribution < -0.4 is 9.64 Å². The quantitative estimate of drug-likeness (QED) is 0.741. The van der Waals surface area contributed by atoms with E-state index in [1.54, 1.807) is 6.07 Å². The summed E-state index contributed by atoms with van der Waals surface area (Å²) in [5.41, 5.74) is 0.782. The molecule has 1 aliphatic heterocycles. The smallest absolute Gasteiger partial charge is 0.153 e. The number of rotatable bonds is 2. The van der Waals surface area contributed by atoms with Gasteiger partial charge in [-0.1, -0.05) is 0 Å². The van der Waals surface area contributed by atoms with Crippen LogP contribution in [0, 0.1) is 5.82 Å². The fourth-order valence-corrected chi connectivity index (χ4v) is 1.75. The molecule has 0 N–H and O–H groups in total. The zero-order chi connectivity index (χ0) is 10.8. The summed E-state index contributed by atoms with van der Waals surface area (Å²) in [5.74, 6) is 0.354. The standard InChI is InChI=1S/C11H12FNO2/c1-15-11-6-8(12)2-3-10(11)13-5-4-9(14)7-13/h2-3,6H,4-5,7H2,1H3. The zero-order valence-corrected chi connectivity index (χ0v) is 8.50. The van der Waals surface area contributed by atoms with Crippen molar-refractivity contribution >= 4 is 11.5 Å². The molecule has 0 atom stereocenters. The Morgan fingerprint density at radius 1 is 1.47 bits per heavy atom. The molecule has 1 heterocycles. The topological polar surface area (TPSA) is 29.5 Å². The molecule has 0 aromatic heterocycles. The highest BCUT2D eigenvalue weighted by Crippen LogP contribution is 2.30. The predicted octanol–water partition coefficient (Wildman–Crippen LogP) is 1.61. The third-order valence-electron chi connectivity index (χ3n) is 2.51. The maximum absolute atomic E-state index is 12.9. The number of anilines is 1. The van der Waals surface area contributed by atoms with Crippen LogP contribution in [0.2, 0.25) is 0 Å². The lowest BCUT2D eigenvalue weighted by molar-refractivity contribution is -0.116. The number of halogens is 1. The Morgan fingerprint density at radius 2 is 2.27 bits per heavy atom. The lowest BCUT2D eigenvalue weighted by atomic mass is 10.2. The first-order chi connectivity index (χ1) is 7.20. The molecule has 0 spiro atoms. The van der Waals surface area contributed by atoms with Gasteiger partial charge in [-0.15, -0.1) is 0 Å². The molecular weight excluding hydrogens is 197 g/mol. The van der Waals surface area contributed by atoms with E-state index in [1.807, 2.05) is 4.90 Å². The molecule has 0 unspecified atom stereocenters. The van der Waals surface area contributed by atoms with E-state index in [-0.39, 0.29) is 11.6 Å². The number of Topliss-reactive ketones (excluding diaryl/α,β-unsaturated/α-hetero) is 1. The third-order valence-corrected chi connectivity index (χ3v) is 2.51. The van der Waals surface area contributed by atoms with Crippen LogP contribution in [0.15, 0.2) is 18.2 Å². The minimum Gasteiger partial charge on any atom is -0.494 e. The number of benzene rings is 1. The van der Waals surface area contributed by atoms with Crippen molar-refractivity contribution in [2.75, 3.05) is 25.1 Å². The molecule has 1 aliphatic rings. The molecule has 1 fully saturated rings. The molecule has 1 aromatic rings. The summed E-state index contributed by atoms with van der Waals surface area (Å²) in [6.45, 7) is 1.07. The van der Waals surface area contributed by atoms with Gasteiger partial charge < -0.3 is 9.64 Å². The summed E-state index contributed by atoms with van der Waals surface area (Å²) >= 11 is 0. The first-order valence-corrected chi connectivity index (χ1v) is 4.81. The highest BCUT2D eigenvalue weighted by molar-refractivity contribution is 5.87. The molecule has 1 aromatic carbocycles. The highest BCUT2D eigenvalue weighted by atomic mass is 19.1. The minimum atomic E-state index is -0.332. The molecule has 15 heavy (non-hydrogen) atoms. The molecule has 0 radical (unpaired) electrons. The highest BCUT2D eigenvalue weighted by Gasteiger charge is 2.22. The summed E-state index contributed by atoms with van der Waals surface area (Å²) in [6.07, 6.45) is 0.556. The Hall–Kier alpha value is -1.58. The van der Waals surface area contributed by atoms with Crippen molar-refractivity contribution < 1.29 is 13.9 Å². The van der Waals surface area contributed by atoms with Gasteiger partial charge in [0.15, 0.2) is 5.78 Å². The summed E-state index contributed by atoms with van der Waals surface area (Å²) < 4.78 is 18.0. The van der Waals surface area contributed by atoms with Gasteiger partial charge in [0, 0.05) is 19.0 Å². The summed E-state index contributed by atoms with van der Waals surface area (Å²) in [5, 5.41) is 0. The fraction of sp³-hybridized carbons (Fsp3) is 0.364. The van der Waals surface area contributed by atoms with Gasteiger partial charge >= 0.3 is 0 Å². The van der Waals surface area contributed by atoms with Crippen molar-refractivity contribution in [1.82, 2.24) is 0 Å². The van der Waals surface area contributed by atoms with Crippen molar-refractivity contribution in [2.24, 2.45) is 0 Å². The largest absolute Gasteiger partial charge is 0.494 e. The van der Waals surface area contributed by atoms with Crippen molar-refractivity contribution in [3.8, 4) is 5.75 Å². The van der Waals surface area contributed by atoms with Crippen LogP contribution in [-0.2, 0) is 4.79 Å². The van der Waals surface area contributed by atoms with E-state index in [1.165, 1.54) is 19.2 Å². The Labute approximate surface area is 87.5 Å². The van der Waals surface area contributed by atoms with Crippen LogP contribution in [0.1, 0.15) is 6.42 Å². The van der Waals surface area contributed by atoms with Gasteiger partial charge in [0.1, 0.15) is 11.6 Å². The second kappa shape index (κ2) is 3.88. The molecule has 4 heteroatoms. The Balaban J connectivity index is 2.31. The van der Waals surface area contributed by atoms with E-state index < -0.39 is 0 Å². The lowest BCUT2D eigenvalue weighted by Gasteiger charge is -2.19. The monoisotopic (exact) mass is 209 g/mol. The van der Waals surface area contributed by atoms with Gasteiger partial charge in [-0.25, -0.2) is 4.39 Å². The van der Waals surface area contributed by atoms with Crippen molar-refractivity contribution in [2.45, 2.75) is 6.42 Å². The van der Waals surface area contributed by atoms with Crippen LogP contribution in [-0.4, -0.2) is 26.0 Å². The van der Waals surface area contributed by atoms with Crippen molar-refractivity contribution in [1.29, 1.82) is 0 Å². The number of carbonyl (C=O) groups excluding carboxylic acids is 1. The lowest BCUT2D eigenvalue weighted by Crippen LogP contribution is -2.20. The number of hydrogen-bond acceptors (Lipinski definition) is 3. The number of nitrogens with zero attached hydrogens (tertiary/aromatic N) is 1. The van der Waals surface area contributed by atoms with Gasteiger partial charge in [-0.3, -0.25) is 4.79 Å². The second-order valence-corrected chi connectivity index (χ2v) is 3.53. The zero-order valence-electron chi connectivity index (χ0n) is 8.50. The molecular formula is C11H12FNO2. The number of hydrogen-bond donors (Lipinski definition) is 0. The Bertz CT molecular complexity index is 392. The fourth-order valence-electron chi connectivity index (χ4n) is 1.75. The number of ketones is 1. The second-order valence-electron chi connectivity index (χ2n) is 3.53. The van der Waals surface area contributed by atoms with E-state index in [0.717, 1.165) is 5.69 Å². The maximum atomic E-state index is 12.9. The molecule has 0 saturated carbocycles. The minimum absolute atomic E-state index is 0.210. The molecule has 80 valence electrons. The normalized spacial score (nSPS) is 15.9. The molecule has 3 nitrogen and oxygen atoms in total. The number of carbonyl (C=O) groups is 1. The first-order valence-electron chi connectivity index (χ1n) is 4.81. The van der Waals surface area contributed by atoms with Crippen molar-refractivity contribution in [3.05, 3.63) is 24.0 Å². The van der Waals surface area contributed by atoms with E-state index in [0.29, 0.717) is 25.3 Å². The third kappa shape index (κ3) is 1.93. The van der Waals surface area contributed by atoms with Crippen LogP contribution in [0.25, 0.3) is 0 Å². The first kappa shape index (κ1) is 9.96. The Kier molecular flexibility index (Phi) is 2.58. The molecule has 2 rings (SSSR count). The molecule has 1 saturated heterocycles. The maximum Gasteiger partial charge on any atom is 0.153 e. The van der Waals surface area contributed by atoms with Gasteiger partial charge in [0.2, 0.25) is 0 Å².